The first-order valence-corrected chi connectivity index (χ1v) is 9.95. The van der Waals surface area contributed by atoms with Crippen LogP contribution in [0.4, 0.5) is 5.82 Å². The number of rotatable bonds is 6. The van der Waals surface area contributed by atoms with Gasteiger partial charge < -0.3 is 19.9 Å². The van der Waals surface area contributed by atoms with Gasteiger partial charge in [-0.25, -0.2) is 4.98 Å². The quantitative estimate of drug-likeness (QED) is 0.857. The Morgan fingerprint density at radius 1 is 1.24 bits per heavy atom. The number of nitrogens with one attached hydrogen (secondary N) is 1. The second-order valence-corrected chi connectivity index (χ2v) is 8.01. The van der Waals surface area contributed by atoms with Crippen LogP contribution in [0.2, 0.25) is 0 Å². The Bertz CT molecular complexity index is 564. The lowest BCUT2D eigenvalue weighted by Crippen LogP contribution is -2.66. The van der Waals surface area contributed by atoms with Gasteiger partial charge in [0.05, 0.1) is 6.10 Å². The van der Waals surface area contributed by atoms with Crippen LogP contribution in [0.25, 0.3) is 0 Å². The van der Waals surface area contributed by atoms with E-state index in [9.17, 15) is 0 Å². The summed E-state index contributed by atoms with van der Waals surface area (Å²) in [7, 11) is 2.19. The average Bonchev–Trinajstić information content (AvgIpc) is 2.57. The minimum Gasteiger partial charge on any atom is -0.378 e. The van der Waals surface area contributed by atoms with Gasteiger partial charge in [0.15, 0.2) is 0 Å². The van der Waals surface area contributed by atoms with Crippen LogP contribution in [0.15, 0.2) is 18.3 Å². The van der Waals surface area contributed by atoms with E-state index in [0.29, 0.717) is 17.6 Å². The molecule has 0 amide bonds. The standard InChI is InChI=1S/C20H32N4O/c1-3-25-18-13-17(20(18)7-4-8-20)21-14-16-5-6-19(22-15-16)24-11-9-23(2)10-12-24/h5-6,15,17-18,21H,3-4,7-14H2,1-2H3/t17-,18-/m1/s1. The topological polar surface area (TPSA) is 40.6 Å². The van der Waals surface area contributed by atoms with E-state index in [2.05, 4.69) is 41.2 Å². The molecule has 138 valence electrons. The number of hydrogen-bond donors (Lipinski definition) is 1. The fraction of sp³-hybridized carbons (Fsp3) is 0.750. The Morgan fingerprint density at radius 3 is 2.64 bits per heavy atom. The van der Waals surface area contributed by atoms with Gasteiger partial charge in [0.1, 0.15) is 5.82 Å². The van der Waals surface area contributed by atoms with Crippen molar-refractivity contribution in [2.75, 3.05) is 44.7 Å². The molecule has 1 spiro atoms. The average molecular weight is 345 g/mol. The van der Waals surface area contributed by atoms with Crippen LogP contribution in [0.5, 0.6) is 0 Å². The summed E-state index contributed by atoms with van der Waals surface area (Å²) in [6.07, 6.45) is 7.73. The van der Waals surface area contributed by atoms with Crippen LogP contribution in [0, 0.1) is 5.41 Å². The number of pyridine rings is 1. The van der Waals surface area contributed by atoms with E-state index in [0.717, 1.165) is 45.1 Å². The second-order valence-electron chi connectivity index (χ2n) is 8.01. The zero-order valence-electron chi connectivity index (χ0n) is 15.7. The van der Waals surface area contributed by atoms with Gasteiger partial charge in [0.2, 0.25) is 0 Å². The molecular weight excluding hydrogens is 312 g/mol. The Labute approximate surface area is 151 Å². The van der Waals surface area contributed by atoms with Gasteiger partial charge in [-0.15, -0.1) is 0 Å². The molecule has 1 aliphatic heterocycles. The summed E-state index contributed by atoms with van der Waals surface area (Å²) in [5.74, 6) is 1.12. The molecule has 3 aliphatic rings. The van der Waals surface area contributed by atoms with E-state index in [1.54, 1.807) is 0 Å². The third-order valence-electron chi connectivity index (χ3n) is 6.63. The molecule has 1 N–H and O–H groups in total. The molecule has 2 heterocycles. The van der Waals surface area contributed by atoms with Crippen LogP contribution in [0.3, 0.4) is 0 Å². The number of hydrogen-bond acceptors (Lipinski definition) is 5. The highest BCUT2D eigenvalue weighted by atomic mass is 16.5. The molecule has 25 heavy (non-hydrogen) atoms. The molecule has 0 unspecified atom stereocenters. The first-order valence-electron chi connectivity index (χ1n) is 9.95. The monoisotopic (exact) mass is 344 g/mol. The maximum atomic E-state index is 5.95. The van der Waals surface area contributed by atoms with Crippen molar-refractivity contribution in [3.05, 3.63) is 23.9 Å². The minimum absolute atomic E-state index is 0.434. The first-order chi connectivity index (χ1) is 12.2. The van der Waals surface area contributed by atoms with Crippen LogP contribution in [0.1, 0.15) is 38.2 Å². The predicted octanol–water partition coefficient (Wildman–Crippen LogP) is 2.27. The molecule has 1 aromatic rings. The lowest BCUT2D eigenvalue weighted by atomic mass is 9.51. The Balaban J connectivity index is 1.29. The lowest BCUT2D eigenvalue weighted by molar-refractivity contribution is -0.173. The van der Waals surface area contributed by atoms with Crippen molar-refractivity contribution in [1.29, 1.82) is 0 Å². The summed E-state index contributed by atoms with van der Waals surface area (Å²) < 4.78 is 5.95. The lowest BCUT2D eigenvalue weighted by Gasteiger charge is -2.61. The third-order valence-corrected chi connectivity index (χ3v) is 6.63. The molecule has 2 aliphatic carbocycles. The van der Waals surface area contributed by atoms with Crippen LogP contribution in [-0.2, 0) is 11.3 Å². The third kappa shape index (κ3) is 3.29. The Kier molecular flexibility index (Phi) is 4.98. The van der Waals surface area contributed by atoms with Gasteiger partial charge in [-0.2, -0.15) is 0 Å². The van der Waals surface area contributed by atoms with Crippen molar-refractivity contribution in [2.24, 2.45) is 5.41 Å². The van der Waals surface area contributed by atoms with Crippen molar-refractivity contribution in [2.45, 2.75) is 51.3 Å². The van der Waals surface area contributed by atoms with Crippen molar-refractivity contribution in [1.82, 2.24) is 15.2 Å². The predicted molar refractivity (Wildman–Crippen MR) is 101 cm³/mol. The molecule has 0 bridgehead atoms. The van der Waals surface area contributed by atoms with Gasteiger partial charge in [-0.1, -0.05) is 12.5 Å². The van der Waals surface area contributed by atoms with Crippen molar-refractivity contribution >= 4 is 5.82 Å². The zero-order valence-corrected chi connectivity index (χ0v) is 15.7. The first kappa shape index (κ1) is 17.3. The van der Waals surface area contributed by atoms with Gasteiger partial charge >= 0.3 is 0 Å². The molecule has 2 atom stereocenters. The SMILES string of the molecule is CCO[C@@H]1C[C@@H](NCc2ccc(N3CCN(C)CC3)nc2)C12CCC2. The highest BCUT2D eigenvalue weighted by Gasteiger charge is 2.58. The summed E-state index contributed by atoms with van der Waals surface area (Å²) in [6, 6.07) is 5.04. The van der Waals surface area contributed by atoms with E-state index in [-0.39, 0.29) is 0 Å². The van der Waals surface area contributed by atoms with E-state index < -0.39 is 0 Å². The largest absolute Gasteiger partial charge is 0.378 e. The fourth-order valence-electron chi connectivity index (χ4n) is 4.71. The summed E-state index contributed by atoms with van der Waals surface area (Å²) in [5, 5.41) is 3.78. The number of likely N-dealkylation sites (N-methyl/N-ethyl adjacent to an activating group) is 1. The highest BCUT2D eigenvalue weighted by Crippen LogP contribution is 2.57. The van der Waals surface area contributed by atoms with Crippen molar-refractivity contribution in [3.8, 4) is 0 Å². The molecule has 0 radical (unpaired) electrons. The zero-order chi connectivity index (χ0) is 17.3. The molecule has 2 saturated carbocycles. The van der Waals surface area contributed by atoms with Gasteiger partial charge in [0, 0.05) is 57.0 Å². The second kappa shape index (κ2) is 7.22. The maximum absolute atomic E-state index is 5.95. The van der Waals surface area contributed by atoms with Crippen LogP contribution < -0.4 is 10.2 Å². The number of aromatic nitrogens is 1. The summed E-state index contributed by atoms with van der Waals surface area (Å²) in [6.45, 7) is 8.26. The maximum Gasteiger partial charge on any atom is 0.128 e. The van der Waals surface area contributed by atoms with Crippen LogP contribution >= 0.6 is 0 Å². The molecule has 5 heteroatoms. The number of piperazine rings is 1. The van der Waals surface area contributed by atoms with Gasteiger partial charge in [-0.05, 0) is 44.9 Å². The summed E-state index contributed by atoms with van der Waals surface area (Å²) in [5.41, 5.74) is 1.72. The molecule has 3 fully saturated rings. The Morgan fingerprint density at radius 2 is 2.04 bits per heavy atom. The van der Waals surface area contributed by atoms with E-state index >= 15 is 0 Å². The Hall–Kier alpha value is -1.17. The number of nitrogens with zero attached hydrogens (tertiary/aromatic N) is 3. The van der Waals surface area contributed by atoms with Gasteiger partial charge in [-0.3, -0.25) is 0 Å². The van der Waals surface area contributed by atoms with E-state index in [1.807, 2.05) is 6.20 Å². The smallest absolute Gasteiger partial charge is 0.128 e. The van der Waals surface area contributed by atoms with Crippen molar-refractivity contribution < 1.29 is 4.74 Å². The molecule has 1 aromatic heterocycles. The van der Waals surface area contributed by atoms with Crippen LogP contribution in [-0.4, -0.2) is 61.9 Å². The number of ether oxygens (including phenoxy) is 1. The molecule has 5 nitrogen and oxygen atoms in total. The minimum atomic E-state index is 0.434. The normalized spacial score (nSPS) is 28.6. The van der Waals surface area contributed by atoms with E-state index in [1.165, 1.54) is 31.2 Å². The summed E-state index contributed by atoms with van der Waals surface area (Å²) >= 11 is 0. The number of anilines is 1. The molecular formula is C20H32N4O. The fourth-order valence-corrected chi connectivity index (χ4v) is 4.71. The molecule has 0 aromatic carbocycles. The van der Waals surface area contributed by atoms with E-state index in [4.69, 9.17) is 9.72 Å². The van der Waals surface area contributed by atoms with Crippen molar-refractivity contribution in [3.63, 3.8) is 0 Å². The van der Waals surface area contributed by atoms with Gasteiger partial charge in [0.25, 0.3) is 0 Å². The molecule has 4 rings (SSSR count). The molecule has 1 saturated heterocycles. The summed E-state index contributed by atoms with van der Waals surface area (Å²) in [4.78, 5) is 9.47. The highest BCUT2D eigenvalue weighted by molar-refractivity contribution is 5.40.